The molecule has 4 N–H and O–H groups in total. The minimum Gasteiger partial charge on any atom is -0.484 e. The first-order valence-electron chi connectivity index (χ1n) is 9.60. The first kappa shape index (κ1) is 23.4. The molecule has 0 bridgehead atoms. The summed E-state index contributed by atoms with van der Waals surface area (Å²) in [7, 11) is 0. The summed E-state index contributed by atoms with van der Waals surface area (Å²) < 4.78 is 5.38. The second-order valence-electron chi connectivity index (χ2n) is 6.48. The van der Waals surface area contributed by atoms with Crippen molar-refractivity contribution < 1.29 is 24.2 Å². The zero-order chi connectivity index (χ0) is 20.8. The van der Waals surface area contributed by atoms with E-state index < -0.39 is 6.04 Å². The summed E-state index contributed by atoms with van der Waals surface area (Å²) in [6.07, 6.45) is 2.72. The predicted octanol–water partition coefficient (Wildman–Crippen LogP) is 0.875. The Hall–Kier alpha value is -2.61. The highest BCUT2D eigenvalue weighted by Crippen LogP contribution is 2.11. The molecule has 156 valence electrons. The fourth-order valence-electron chi connectivity index (χ4n) is 2.48. The van der Waals surface area contributed by atoms with Crippen molar-refractivity contribution in [1.82, 2.24) is 16.0 Å². The Labute approximate surface area is 166 Å². The Morgan fingerprint density at radius 2 is 1.79 bits per heavy atom. The van der Waals surface area contributed by atoms with Gasteiger partial charge >= 0.3 is 0 Å². The Bertz CT molecular complexity index is 619. The summed E-state index contributed by atoms with van der Waals surface area (Å²) >= 11 is 0. The van der Waals surface area contributed by atoms with Gasteiger partial charge in [0.2, 0.25) is 11.8 Å². The molecule has 0 saturated carbocycles. The number of carbonyl (C=O) groups excluding carboxylic acids is 3. The van der Waals surface area contributed by atoms with Crippen molar-refractivity contribution in [3.8, 4) is 5.75 Å². The lowest BCUT2D eigenvalue weighted by Crippen LogP contribution is -2.46. The molecule has 1 aromatic carbocycles. The molecule has 0 spiro atoms. The van der Waals surface area contributed by atoms with E-state index in [2.05, 4.69) is 16.0 Å². The largest absolute Gasteiger partial charge is 0.484 e. The Morgan fingerprint density at radius 1 is 1.07 bits per heavy atom. The number of hydrogen-bond donors (Lipinski definition) is 4. The molecule has 1 rings (SSSR count). The Kier molecular flexibility index (Phi) is 11.3. The number of ether oxygens (including phenoxy) is 1. The number of carbonyl (C=O) groups is 3. The second-order valence-corrected chi connectivity index (χ2v) is 6.48. The molecule has 3 amide bonds. The Morgan fingerprint density at radius 3 is 2.39 bits per heavy atom. The van der Waals surface area contributed by atoms with E-state index in [-0.39, 0.29) is 30.9 Å². The van der Waals surface area contributed by atoms with Crippen LogP contribution in [0.3, 0.4) is 0 Å². The third kappa shape index (κ3) is 9.91. The fraction of sp³-hybridized carbons (Fsp3) is 0.550. The molecule has 0 heterocycles. The minimum absolute atomic E-state index is 0.0379. The van der Waals surface area contributed by atoms with Gasteiger partial charge in [-0.15, -0.1) is 0 Å². The van der Waals surface area contributed by atoms with E-state index >= 15 is 0 Å². The number of aliphatic hydroxyl groups excluding tert-OH is 1. The Balaban J connectivity index is 2.23. The first-order chi connectivity index (χ1) is 13.5. The average molecular weight is 393 g/mol. The molecule has 1 unspecified atom stereocenters. The van der Waals surface area contributed by atoms with Crippen molar-refractivity contribution in [3.63, 3.8) is 0 Å². The van der Waals surface area contributed by atoms with Crippen LogP contribution in [0, 0.1) is 0 Å². The lowest BCUT2D eigenvalue weighted by molar-refractivity contribution is -0.128. The van der Waals surface area contributed by atoms with Crippen LogP contribution in [0.25, 0.3) is 0 Å². The van der Waals surface area contributed by atoms with Crippen LogP contribution < -0.4 is 20.7 Å². The van der Waals surface area contributed by atoms with Gasteiger partial charge in [0.25, 0.3) is 5.91 Å². The van der Waals surface area contributed by atoms with E-state index in [1.807, 2.05) is 6.92 Å². The van der Waals surface area contributed by atoms with Crippen molar-refractivity contribution in [1.29, 1.82) is 0 Å². The van der Waals surface area contributed by atoms with Crippen LogP contribution in [-0.2, 0) is 21.0 Å². The highest BCUT2D eigenvalue weighted by Gasteiger charge is 2.18. The van der Waals surface area contributed by atoms with E-state index in [0.29, 0.717) is 38.1 Å². The van der Waals surface area contributed by atoms with Gasteiger partial charge in [-0.05, 0) is 43.4 Å². The number of nitrogens with one attached hydrogen (secondary N) is 3. The van der Waals surface area contributed by atoms with Crippen LogP contribution in [0.2, 0.25) is 0 Å². The van der Waals surface area contributed by atoms with Crippen molar-refractivity contribution >= 4 is 17.7 Å². The van der Waals surface area contributed by atoms with Gasteiger partial charge in [-0.25, -0.2) is 0 Å². The first-order valence-corrected chi connectivity index (χ1v) is 9.60. The van der Waals surface area contributed by atoms with Gasteiger partial charge in [0, 0.05) is 20.0 Å². The van der Waals surface area contributed by atoms with E-state index in [1.165, 1.54) is 6.92 Å². The highest BCUT2D eigenvalue weighted by atomic mass is 16.5. The van der Waals surface area contributed by atoms with Crippen molar-refractivity contribution in [2.24, 2.45) is 0 Å². The molecule has 0 radical (unpaired) electrons. The molecule has 0 fully saturated rings. The maximum atomic E-state index is 12.0. The summed E-state index contributed by atoms with van der Waals surface area (Å²) in [6.45, 7) is 4.26. The quantitative estimate of drug-likeness (QED) is 0.371. The number of hydrogen-bond acceptors (Lipinski definition) is 5. The molecule has 0 aliphatic heterocycles. The second kappa shape index (κ2) is 13.5. The summed E-state index contributed by atoms with van der Waals surface area (Å²) in [5.41, 5.74) is 0.776. The van der Waals surface area contributed by atoms with Gasteiger partial charge in [0.05, 0.1) is 6.61 Å². The van der Waals surface area contributed by atoms with Crippen molar-refractivity contribution in [2.45, 2.75) is 52.2 Å². The molecule has 0 aromatic heterocycles. The number of benzene rings is 1. The normalized spacial score (nSPS) is 11.4. The third-order valence-corrected chi connectivity index (χ3v) is 3.96. The van der Waals surface area contributed by atoms with E-state index in [0.717, 1.165) is 12.0 Å². The SMILES string of the molecule is CCCNC(=O)C(CCCCNC(=O)COc1ccc(CO)cc1)NC(C)=O. The molecular weight excluding hydrogens is 362 g/mol. The summed E-state index contributed by atoms with van der Waals surface area (Å²) in [6, 6.07) is 6.31. The van der Waals surface area contributed by atoms with Gasteiger partial charge < -0.3 is 25.8 Å². The van der Waals surface area contributed by atoms with Crippen LogP contribution >= 0.6 is 0 Å². The predicted molar refractivity (Wildman–Crippen MR) is 106 cm³/mol. The van der Waals surface area contributed by atoms with Crippen LogP contribution in [0.5, 0.6) is 5.75 Å². The molecule has 28 heavy (non-hydrogen) atoms. The molecule has 8 nitrogen and oxygen atoms in total. The molecule has 1 aromatic rings. The summed E-state index contributed by atoms with van der Waals surface area (Å²) in [5, 5.41) is 17.2. The topological polar surface area (TPSA) is 117 Å². The summed E-state index contributed by atoms with van der Waals surface area (Å²) in [4.78, 5) is 35.1. The fourth-order valence-corrected chi connectivity index (χ4v) is 2.48. The zero-order valence-corrected chi connectivity index (χ0v) is 16.6. The highest BCUT2D eigenvalue weighted by molar-refractivity contribution is 5.86. The van der Waals surface area contributed by atoms with Crippen LogP contribution in [-0.4, -0.2) is 48.6 Å². The average Bonchev–Trinajstić information content (AvgIpc) is 2.69. The van der Waals surface area contributed by atoms with Gasteiger partial charge in [0.15, 0.2) is 6.61 Å². The molecule has 1 atom stereocenters. The maximum absolute atomic E-state index is 12.0. The smallest absolute Gasteiger partial charge is 0.257 e. The van der Waals surface area contributed by atoms with Crippen LogP contribution in [0.15, 0.2) is 24.3 Å². The molecule has 0 aliphatic rings. The molecule has 8 heteroatoms. The monoisotopic (exact) mass is 393 g/mol. The lowest BCUT2D eigenvalue weighted by atomic mass is 10.1. The molecule has 0 aliphatic carbocycles. The molecular formula is C20H31N3O5. The van der Waals surface area contributed by atoms with Gasteiger partial charge in [-0.1, -0.05) is 19.1 Å². The van der Waals surface area contributed by atoms with Crippen LogP contribution in [0.4, 0.5) is 0 Å². The number of unbranched alkanes of at least 4 members (excludes halogenated alkanes) is 1. The third-order valence-electron chi connectivity index (χ3n) is 3.96. The number of rotatable bonds is 13. The van der Waals surface area contributed by atoms with Crippen LogP contribution in [0.1, 0.15) is 45.1 Å². The van der Waals surface area contributed by atoms with Gasteiger partial charge in [-0.3, -0.25) is 14.4 Å². The zero-order valence-electron chi connectivity index (χ0n) is 16.6. The standard InChI is InChI=1S/C20H31N3O5/c1-3-11-22-20(27)18(23-15(2)25)6-4-5-12-21-19(26)14-28-17-9-7-16(13-24)8-10-17/h7-10,18,24H,3-6,11-14H2,1-2H3,(H,21,26)(H,22,27)(H,23,25). The van der Waals surface area contributed by atoms with Crippen molar-refractivity contribution in [2.75, 3.05) is 19.7 Å². The van der Waals surface area contributed by atoms with E-state index in [4.69, 9.17) is 9.84 Å². The lowest BCUT2D eigenvalue weighted by Gasteiger charge is -2.17. The maximum Gasteiger partial charge on any atom is 0.257 e. The molecule has 0 saturated heterocycles. The minimum atomic E-state index is -0.551. The summed E-state index contributed by atoms with van der Waals surface area (Å²) in [5.74, 6) is -0.0928. The number of aliphatic hydroxyl groups is 1. The number of amides is 3. The van der Waals surface area contributed by atoms with Gasteiger partial charge in [0.1, 0.15) is 11.8 Å². The van der Waals surface area contributed by atoms with E-state index in [9.17, 15) is 14.4 Å². The van der Waals surface area contributed by atoms with Crippen molar-refractivity contribution in [3.05, 3.63) is 29.8 Å². The van der Waals surface area contributed by atoms with Gasteiger partial charge in [-0.2, -0.15) is 0 Å². The van der Waals surface area contributed by atoms with E-state index in [1.54, 1.807) is 24.3 Å².